The molecule has 0 heterocycles. The van der Waals surface area contributed by atoms with E-state index in [2.05, 4.69) is 5.32 Å². The maximum Gasteiger partial charge on any atom is 0.306 e. The number of amides is 1. The van der Waals surface area contributed by atoms with Crippen LogP contribution >= 0.6 is 0 Å². The molecule has 0 saturated heterocycles. The minimum atomic E-state index is -0.729. The van der Waals surface area contributed by atoms with Crippen LogP contribution in [0.4, 0.5) is 4.39 Å². The highest BCUT2D eigenvalue weighted by Gasteiger charge is 2.26. The van der Waals surface area contributed by atoms with E-state index >= 15 is 0 Å². The van der Waals surface area contributed by atoms with Gasteiger partial charge in [-0.3, -0.25) is 9.59 Å². The third-order valence-electron chi connectivity index (χ3n) is 3.83. The zero-order valence-corrected chi connectivity index (χ0v) is 11.1. The second-order valence-corrected chi connectivity index (χ2v) is 5.28. The van der Waals surface area contributed by atoms with Gasteiger partial charge in [-0.05, 0) is 49.8 Å². The van der Waals surface area contributed by atoms with Crippen molar-refractivity contribution in [3.8, 4) is 0 Å². The maximum absolute atomic E-state index is 13.0. The first-order valence-corrected chi connectivity index (χ1v) is 6.83. The first kappa shape index (κ1) is 14.5. The van der Waals surface area contributed by atoms with Crippen LogP contribution in [-0.2, 0) is 4.79 Å². The third-order valence-corrected chi connectivity index (χ3v) is 3.83. The topological polar surface area (TPSA) is 66.4 Å². The molecule has 1 aliphatic carbocycles. The Labute approximate surface area is 117 Å². The normalized spacial score (nSPS) is 22.2. The second kappa shape index (κ2) is 6.50. The van der Waals surface area contributed by atoms with Gasteiger partial charge in [0.15, 0.2) is 0 Å². The summed E-state index contributed by atoms with van der Waals surface area (Å²) in [4.78, 5) is 22.7. The van der Waals surface area contributed by atoms with Crippen molar-refractivity contribution in [1.82, 2.24) is 5.32 Å². The number of nitrogens with one attached hydrogen (secondary N) is 1. The van der Waals surface area contributed by atoms with Crippen molar-refractivity contribution in [2.75, 3.05) is 6.54 Å². The van der Waals surface area contributed by atoms with E-state index in [0.717, 1.165) is 12.8 Å². The summed E-state index contributed by atoms with van der Waals surface area (Å²) in [6.07, 6.45) is 2.94. The van der Waals surface area contributed by atoms with Crippen LogP contribution in [0, 0.1) is 17.7 Å². The largest absolute Gasteiger partial charge is 0.481 e. The molecule has 108 valence electrons. The summed E-state index contributed by atoms with van der Waals surface area (Å²) in [5, 5.41) is 11.7. The fourth-order valence-electron chi connectivity index (χ4n) is 2.58. The lowest BCUT2D eigenvalue weighted by atomic mass is 9.82. The molecule has 1 aliphatic rings. The molecule has 4 nitrogen and oxygen atoms in total. The van der Waals surface area contributed by atoms with E-state index in [-0.39, 0.29) is 11.8 Å². The Hall–Kier alpha value is -1.91. The van der Waals surface area contributed by atoms with Gasteiger partial charge in [0.1, 0.15) is 5.82 Å². The molecule has 0 bridgehead atoms. The number of carbonyl (C=O) groups is 2. The van der Waals surface area contributed by atoms with Crippen molar-refractivity contribution < 1.29 is 19.1 Å². The van der Waals surface area contributed by atoms with Crippen LogP contribution in [0.3, 0.4) is 0 Å². The zero-order valence-electron chi connectivity index (χ0n) is 11.1. The Morgan fingerprint density at radius 2 is 1.95 bits per heavy atom. The van der Waals surface area contributed by atoms with Gasteiger partial charge in [0, 0.05) is 12.1 Å². The average Bonchev–Trinajstić information content (AvgIpc) is 2.45. The number of carbonyl (C=O) groups excluding carboxylic acids is 1. The van der Waals surface area contributed by atoms with Crippen molar-refractivity contribution >= 4 is 11.9 Å². The molecule has 2 rings (SSSR count). The molecular weight excluding hydrogens is 261 g/mol. The molecule has 0 spiro atoms. The highest BCUT2D eigenvalue weighted by atomic mass is 19.1. The third kappa shape index (κ3) is 3.79. The molecule has 5 heteroatoms. The van der Waals surface area contributed by atoms with Crippen LogP contribution in [0.25, 0.3) is 0 Å². The standard InChI is InChI=1S/C15H18FNO3/c16-13-3-1-2-12(8-13)14(18)17-9-10-4-6-11(7-5-10)15(19)20/h1-3,8,10-11H,4-7,9H2,(H,17,18)(H,19,20). The predicted molar refractivity (Wildman–Crippen MR) is 71.8 cm³/mol. The first-order chi connectivity index (χ1) is 9.56. The van der Waals surface area contributed by atoms with E-state index in [1.165, 1.54) is 18.2 Å². The van der Waals surface area contributed by atoms with Crippen LogP contribution < -0.4 is 5.32 Å². The van der Waals surface area contributed by atoms with Crippen LogP contribution in [0.2, 0.25) is 0 Å². The van der Waals surface area contributed by atoms with Crippen molar-refractivity contribution in [3.63, 3.8) is 0 Å². The molecule has 0 radical (unpaired) electrons. The van der Waals surface area contributed by atoms with Crippen LogP contribution in [-0.4, -0.2) is 23.5 Å². The summed E-state index contributed by atoms with van der Waals surface area (Å²) < 4.78 is 13.0. The Kier molecular flexibility index (Phi) is 4.71. The molecule has 2 N–H and O–H groups in total. The Morgan fingerprint density at radius 3 is 2.55 bits per heavy atom. The lowest BCUT2D eigenvalue weighted by Gasteiger charge is -2.26. The van der Waals surface area contributed by atoms with Gasteiger partial charge in [-0.2, -0.15) is 0 Å². The van der Waals surface area contributed by atoms with Crippen LogP contribution in [0.5, 0.6) is 0 Å². The average molecular weight is 279 g/mol. The number of carboxylic acid groups (broad SMARTS) is 1. The van der Waals surface area contributed by atoms with Gasteiger partial charge in [-0.15, -0.1) is 0 Å². The van der Waals surface area contributed by atoms with Crippen molar-refractivity contribution in [2.24, 2.45) is 11.8 Å². The number of rotatable bonds is 4. The van der Waals surface area contributed by atoms with E-state index in [1.54, 1.807) is 6.07 Å². The summed E-state index contributed by atoms with van der Waals surface area (Å²) >= 11 is 0. The summed E-state index contributed by atoms with van der Waals surface area (Å²) in [5.74, 6) is -1.38. The quantitative estimate of drug-likeness (QED) is 0.889. The summed E-state index contributed by atoms with van der Waals surface area (Å²) in [6, 6.07) is 5.57. The molecule has 20 heavy (non-hydrogen) atoms. The van der Waals surface area contributed by atoms with Crippen LogP contribution in [0.15, 0.2) is 24.3 Å². The van der Waals surface area contributed by atoms with E-state index in [0.29, 0.717) is 30.9 Å². The SMILES string of the molecule is O=C(NCC1CCC(C(=O)O)CC1)c1cccc(F)c1. The second-order valence-electron chi connectivity index (χ2n) is 5.28. The number of aliphatic carboxylic acids is 1. The molecule has 0 unspecified atom stereocenters. The fraction of sp³-hybridized carbons (Fsp3) is 0.467. The minimum absolute atomic E-state index is 0.245. The maximum atomic E-state index is 13.0. The van der Waals surface area contributed by atoms with Crippen LogP contribution in [0.1, 0.15) is 36.0 Å². The van der Waals surface area contributed by atoms with Gasteiger partial charge in [0.2, 0.25) is 0 Å². The minimum Gasteiger partial charge on any atom is -0.481 e. The Bertz CT molecular complexity index is 496. The molecule has 0 aliphatic heterocycles. The van der Waals surface area contributed by atoms with E-state index < -0.39 is 11.8 Å². The molecule has 1 fully saturated rings. The number of carboxylic acids is 1. The molecule has 0 aromatic heterocycles. The van der Waals surface area contributed by atoms with E-state index in [1.807, 2.05) is 0 Å². The predicted octanol–water partition coefficient (Wildman–Crippen LogP) is 2.45. The number of hydrogen-bond donors (Lipinski definition) is 2. The van der Waals surface area contributed by atoms with Gasteiger partial charge in [0.05, 0.1) is 5.92 Å². The van der Waals surface area contributed by atoms with Gasteiger partial charge in [-0.25, -0.2) is 4.39 Å². The molecule has 1 aromatic rings. The number of benzene rings is 1. The Balaban J connectivity index is 1.79. The van der Waals surface area contributed by atoms with Crippen molar-refractivity contribution in [1.29, 1.82) is 0 Å². The van der Waals surface area contributed by atoms with E-state index in [9.17, 15) is 14.0 Å². The monoisotopic (exact) mass is 279 g/mol. The Morgan fingerprint density at radius 1 is 1.25 bits per heavy atom. The lowest BCUT2D eigenvalue weighted by molar-refractivity contribution is -0.143. The van der Waals surface area contributed by atoms with Gasteiger partial charge < -0.3 is 10.4 Å². The first-order valence-electron chi connectivity index (χ1n) is 6.83. The highest BCUT2D eigenvalue weighted by Crippen LogP contribution is 2.28. The fourth-order valence-corrected chi connectivity index (χ4v) is 2.58. The van der Waals surface area contributed by atoms with Gasteiger partial charge >= 0.3 is 5.97 Å². The van der Waals surface area contributed by atoms with Gasteiger partial charge in [0.25, 0.3) is 5.91 Å². The van der Waals surface area contributed by atoms with Crippen molar-refractivity contribution in [2.45, 2.75) is 25.7 Å². The smallest absolute Gasteiger partial charge is 0.306 e. The summed E-state index contributed by atoms with van der Waals surface area (Å²) in [6.45, 7) is 0.516. The molecule has 1 aromatic carbocycles. The molecule has 1 saturated carbocycles. The molecular formula is C15H18FNO3. The van der Waals surface area contributed by atoms with Gasteiger partial charge in [-0.1, -0.05) is 6.07 Å². The molecule has 1 amide bonds. The number of halogens is 1. The highest BCUT2D eigenvalue weighted by molar-refractivity contribution is 5.94. The molecule has 0 atom stereocenters. The summed E-state index contributed by atoms with van der Waals surface area (Å²) in [5.41, 5.74) is 0.309. The number of hydrogen-bond acceptors (Lipinski definition) is 2. The lowest BCUT2D eigenvalue weighted by Crippen LogP contribution is -2.32. The van der Waals surface area contributed by atoms with Crippen molar-refractivity contribution in [3.05, 3.63) is 35.6 Å². The summed E-state index contributed by atoms with van der Waals surface area (Å²) in [7, 11) is 0. The zero-order chi connectivity index (χ0) is 14.5. The van der Waals surface area contributed by atoms with E-state index in [4.69, 9.17) is 5.11 Å².